The molecular weight excluding hydrogens is 418 g/mol. The Morgan fingerprint density at radius 1 is 1.19 bits per heavy atom. The van der Waals surface area contributed by atoms with Crippen LogP contribution in [0.3, 0.4) is 0 Å². The van der Waals surface area contributed by atoms with Gasteiger partial charge in [-0.05, 0) is 39.8 Å². The predicted molar refractivity (Wildman–Crippen MR) is 123 cm³/mol. The zero-order valence-electron chi connectivity index (χ0n) is 19.0. The van der Waals surface area contributed by atoms with Crippen molar-refractivity contribution in [1.29, 1.82) is 0 Å². The number of hydrogen-bond donors (Lipinski definition) is 1. The maximum Gasteiger partial charge on any atom is 0.253 e. The minimum atomic E-state index is -1.34. The van der Waals surface area contributed by atoms with Crippen LogP contribution in [-0.2, 0) is 15.7 Å². The lowest BCUT2D eigenvalue weighted by atomic mass is 10.0. The minimum Gasteiger partial charge on any atom is -0.440 e. The standard InChI is InChI=1S/C22H31N3O5S/c1-14(23-31(28)22(2,3)4)16-11-15(21(27)24(5)6)12-17-18(26)13-19(30-20(16)17)25-7-9-29-10-8-25/h11-14,23H,7-10H2,1-6H3/t14?,31-/m0/s1. The molecule has 31 heavy (non-hydrogen) atoms. The Kier molecular flexibility index (Phi) is 6.88. The van der Waals surface area contributed by atoms with Gasteiger partial charge >= 0.3 is 0 Å². The fraction of sp³-hybridized carbons (Fsp3) is 0.545. The number of rotatable bonds is 5. The molecule has 1 aliphatic heterocycles. The molecule has 0 bridgehead atoms. The molecule has 1 aromatic heterocycles. The van der Waals surface area contributed by atoms with E-state index in [2.05, 4.69) is 4.72 Å². The average Bonchev–Trinajstić information content (AvgIpc) is 2.72. The van der Waals surface area contributed by atoms with E-state index in [0.29, 0.717) is 54.3 Å². The van der Waals surface area contributed by atoms with Crippen LogP contribution in [0.1, 0.15) is 49.7 Å². The number of fused-ring (bicyclic) bond motifs is 1. The average molecular weight is 450 g/mol. The van der Waals surface area contributed by atoms with E-state index in [9.17, 15) is 13.8 Å². The Balaban J connectivity index is 2.17. The van der Waals surface area contributed by atoms with Gasteiger partial charge in [0.25, 0.3) is 5.91 Å². The predicted octanol–water partition coefficient (Wildman–Crippen LogP) is 2.44. The van der Waals surface area contributed by atoms with Gasteiger partial charge in [-0.2, -0.15) is 0 Å². The summed E-state index contributed by atoms with van der Waals surface area (Å²) in [5.41, 5.74) is 1.18. The molecule has 3 rings (SSSR count). The first-order valence-corrected chi connectivity index (χ1v) is 11.5. The molecule has 2 aromatic rings. The number of nitrogens with one attached hydrogen (secondary N) is 1. The van der Waals surface area contributed by atoms with E-state index in [1.54, 1.807) is 26.2 Å². The molecule has 8 nitrogen and oxygen atoms in total. The van der Waals surface area contributed by atoms with Crippen LogP contribution in [0.4, 0.5) is 5.88 Å². The highest BCUT2D eigenvalue weighted by atomic mass is 32.2. The Hall–Kier alpha value is -2.23. The summed E-state index contributed by atoms with van der Waals surface area (Å²) in [6.45, 7) is 9.87. The second-order valence-corrected chi connectivity index (χ2v) is 10.9. The summed E-state index contributed by atoms with van der Waals surface area (Å²) in [6, 6.07) is 4.34. The van der Waals surface area contributed by atoms with Crippen LogP contribution in [0, 0.1) is 0 Å². The SMILES string of the molecule is CC(N[S@@](=O)C(C)(C)C)c1cc(C(=O)N(C)C)cc2c(=O)cc(N3CCOCC3)oc12. The van der Waals surface area contributed by atoms with Gasteiger partial charge in [-0.3, -0.25) is 9.59 Å². The third kappa shape index (κ3) is 5.16. The van der Waals surface area contributed by atoms with E-state index < -0.39 is 21.8 Å². The van der Waals surface area contributed by atoms with E-state index >= 15 is 0 Å². The van der Waals surface area contributed by atoms with Crippen molar-refractivity contribution < 1.29 is 18.2 Å². The monoisotopic (exact) mass is 449 g/mol. The van der Waals surface area contributed by atoms with Gasteiger partial charge in [0.2, 0.25) is 0 Å². The Bertz CT molecular complexity index is 1050. The molecule has 1 unspecified atom stereocenters. The highest BCUT2D eigenvalue weighted by molar-refractivity contribution is 7.84. The summed E-state index contributed by atoms with van der Waals surface area (Å²) >= 11 is 0. The van der Waals surface area contributed by atoms with Crippen molar-refractivity contribution in [2.24, 2.45) is 0 Å². The smallest absolute Gasteiger partial charge is 0.253 e. The van der Waals surface area contributed by atoms with Gasteiger partial charge in [-0.1, -0.05) is 0 Å². The second-order valence-electron chi connectivity index (χ2n) is 8.91. The Labute approximate surface area is 185 Å². The number of morpholine rings is 1. The molecule has 1 aliphatic rings. The van der Waals surface area contributed by atoms with E-state index in [1.807, 2.05) is 32.6 Å². The molecule has 0 spiro atoms. The molecule has 1 saturated heterocycles. The fourth-order valence-corrected chi connectivity index (χ4v) is 4.12. The lowest BCUT2D eigenvalue weighted by molar-refractivity contribution is 0.0827. The normalized spacial score (nSPS) is 16.9. The molecule has 2 heterocycles. The number of carbonyl (C=O) groups is 1. The number of carbonyl (C=O) groups excluding carboxylic acids is 1. The maximum atomic E-state index is 13.0. The maximum absolute atomic E-state index is 13.0. The van der Waals surface area contributed by atoms with Crippen LogP contribution in [0.25, 0.3) is 11.0 Å². The molecule has 1 N–H and O–H groups in total. The summed E-state index contributed by atoms with van der Waals surface area (Å²) in [7, 11) is 1.97. The Morgan fingerprint density at radius 2 is 1.84 bits per heavy atom. The number of benzene rings is 1. The fourth-order valence-electron chi connectivity index (χ4n) is 3.32. The molecule has 0 radical (unpaired) electrons. The molecule has 1 amide bonds. The van der Waals surface area contributed by atoms with Crippen LogP contribution >= 0.6 is 0 Å². The number of ether oxygens (including phenoxy) is 1. The molecule has 0 saturated carbocycles. The molecule has 170 valence electrons. The molecule has 1 aromatic carbocycles. The van der Waals surface area contributed by atoms with Crippen molar-refractivity contribution >= 4 is 33.7 Å². The van der Waals surface area contributed by atoms with Crippen molar-refractivity contribution in [2.45, 2.75) is 38.5 Å². The van der Waals surface area contributed by atoms with Crippen molar-refractivity contribution in [2.75, 3.05) is 45.3 Å². The molecular formula is C22H31N3O5S. The largest absolute Gasteiger partial charge is 0.440 e. The first-order chi connectivity index (χ1) is 14.5. The van der Waals surface area contributed by atoms with Gasteiger partial charge in [-0.25, -0.2) is 8.93 Å². The molecule has 2 atom stereocenters. The van der Waals surface area contributed by atoms with Crippen molar-refractivity contribution in [3.05, 3.63) is 39.5 Å². The van der Waals surface area contributed by atoms with E-state index in [0.717, 1.165) is 0 Å². The third-order valence-electron chi connectivity index (χ3n) is 5.13. The molecule has 9 heteroatoms. The third-order valence-corrected chi connectivity index (χ3v) is 6.81. The first-order valence-electron chi connectivity index (χ1n) is 10.3. The van der Waals surface area contributed by atoms with Gasteiger partial charge in [-0.15, -0.1) is 0 Å². The Morgan fingerprint density at radius 3 is 2.42 bits per heavy atom. The number of nitrogens with zero attached hydrogens (tertiary/aromatic N) is 2. The van der Waals surface area contributed by atoms with Gasteiger partial charge in [0.1, 0.15) is 5.58 Å². The first kappa shape index (κ1) is 23.4. The molecule has 1 fully saturated rings. The van der Waals surface area contributed by atoms with E-state index in [1.165, 1.54) is 11.0 Å². The van der Waals surface area contributed by atoms with Crippen LogP contribution in [0.2, 0.25) is 0 Å². The van der Waals surface area contributed by atoms with E-state index in [-0.39, 0.29) is 11.3 Å². The van der Waals surface area contributed by atoms with Crippen LogP contribution in [0.5, 0.6) is 0 Å². The highest BCUT2D eigenvalue weighted by Gasteiger charge is 2.25. The number of amides is 1. The minimum absolute atomic E-state index is 0.219. The van der Waals surface area contributed by atoms with Gasteiger partial charge in [0.05, 0.1) is 34.3 Å². The van der Waals surface area contributed by atoms with Crippen molar-refractivity contribution in [1.82, 2.24) is 9.62 Å². The topological polar surface area (TPSA) is 92.1 Å². The van der Waals surface area contributed by atoms with Gasteiger partial charge in [0.15, 0.2) is 11.3 Å². The summed E-state index contributed by atoms with van der Waals surface area (Å²) in [5, 5.41) is 0.329. The molecule has 0 aliphatic carbocycles. The van der Waals surface area contributed by atoms with E-state index in [4.69, 9.17) is 9.15 Å². The summed E-state index contributed by atoms with van der Waals surface area (Å²) in [5.74, 6) is 0.252. The summed E-state index contributed by atoms with van der Waals surface area (Å²) < 4.78 is 26.9. The zero-order valence-corrected chi connectivity index (χ0v) is 19.8. The van der Waals surface area contributed by atoms with Crippen molar-refractivity contribution in [3.8, 4) is 0 Å². The quantitative estimate of drug-likeness (QED) is 0.754. The van der Waals surface area contributed by atoms with Crippen LogP contribution < -0.4 is 15.1 Å². The van der Waals surface area contributed by atoms with Gasteiger partial charge in [0, 0.05) is 50.4 Å². The van der Waals surface area contributed by atoms with Gasteiger partial charge < -0.3 is 19.0 Å². The summed E-state index contributed by atoms with van der Waals surface area (Å²) in [6.07, 6.45) is 0. The van der Waals surface area contributed by atoms with Crippen LogP contribution in [-0.4, -0.2) is 60.2 Å². The number of anilines is 1. The lowest BCUT2D eigenvalue weighted by Crippen LogP contribution is -2.36. The second kappa shape index (κ2) is 9.10. The van der Waals surface area contributed by atoms with Crippen LogP contribution in [0.15, 0.2) is 27.4 Å². The number of hydrogen-bond acceptors (Lipinski definition) is 6. The highest BCUT2D eigenvalue weighted by Crippen LogP contribution is 2.29. The summed E-state index contributed by atoms with van der Waals surface area (Å²) in [4.78, 5) is 29.1. The van der Waals surface area contributed by atoms with Crippen molar-refractivity contribution in [3.63, 3.8) is 0 Å². The zero-order chi connectivity index (χ0) is 22.9. The lowest BCUT2D eigenvalue weighted by Gasteiger charge is -2.28.